The van der Waals surface area contributed by atoms with Crippen LogP contribution in [0.1, 0.15) is 20.7 Å². The summed E-state index contributed by atoms with van der Waals surface area (Å²) in [6.07, 6.45) is 0. The quantitative estimate of drug-likeness (QED) is 0.752. The minimum Gasteiger partial charge on any atom is -0.379 e. The predicted molar refractivity (Wildman–Crippen MR) is 70.2 cm³/mol. The Balaban J connectivity index is 1.56. The third kappa shape index (κ3) is 2.45. The normalized spacial score (nSPS) is 19.5. The monoisotopic (exact) mass is 276 g/mol. The molecule has 20 heavy (non-hydrogen) atoms. The van der Waals surface area contributed by atoms with E-state index in [2.05, 4.69) is 4.90 Å². The van der Waals surface area contributed by atoms with Gasteiger partial charge in [-0.05, 0) is 12.1 Å². The summed E-state index contributed by atoms with van der Waals surface area (Å²) in [6, 6.07) is 6.75. The highest BCUT2D eigenvalue weighted by Gasteiger charge is 2.36. The number of imide groups is 1. The first-order valence-corrected chi connectivity index (χ1v) is 6.68. The Morgan fingerprint density at radius 1 is 1.05 bits per heavy atom. The minimum atomic E-state index is -0.382. The number of fused-ring (bicyclic) bond motifs is 1. The van der Waals surface area contributed by atoms with Gasteiger partial charge in [0.15, 0.2) is 0 Å². The minimum absolute atomic E-state index is 0.311. The summed E-state index contributed by atoms with van der Waals surface area (Å²) in [5.41, 5.74) is 0.813. The Kier molecular flexibility index (Phi) is 3.77. The molecule has 0 bridgehead atoms. The van der Waals surface area contributed by atoms with E-state index in [0.717, 1.165) is 18.2 Å². The number of carbonyl (C=O) groups excluding carboxylic acids is 2. The SMILES string of the molecule is O=C1c2ccccc2C(=O)N1OCCN1CCOCC1. The maximum atomic E-state index is 12.0. The van der Waals surface area contributed by atoms with Crippen molar-refractivity contribution >= 4 is 11.8 Å². The number of benzene rings is 1. The molecule has 1 aromatic carbocycles. The zero-order chi connectivity index (χ0) is 13.9. The Morgan fingerprint density at radius 3 is 2.25 bits per heavy atom. The van der Waals surface area contributed by atoms with E-state index in [1.165, 1.54) is 0 Å². The van der Waals surface area contributed by atoms with Crippen LogP contribution in [0.3, 0.4) is 0 Å². The summed E-state index contributed by atoms with van der Waals surface area (Å²) in [5, 5.41) is 0.866. The van der Waals surface area contributed by atoms with Crippen LogP contribution in [0.4, 0.5) is 0 Å². The topological polar surface area (TPSA) is 59.1 Å². The summed E-state index contributed by atoms with van der Waals surface area (Å²) >= 11 is 0. The highest BCUT2D eigenvalue weighted by Crippen LogP contribution is 2.22. The van der Waals surface area contributed by atoms with Crippen LogP contribution >= 0.6 is 0 Å². The van der Waals surface area contributed by atoms with Gasteiger partial charge in [-0.3, -0.25) is 19.3 Å². The number of hydrogen-bond donors (Lipinski definition) is 0. The highest BCUT2D eigenvalue weighted by molar-refractivity contribution is 6.20. The number of hydroxylamine groups is 2. The Bertz CT molecular complexity index is 491. The van der Waals surface area contributed by atoms with Gasteiger partial charge in [-0.15, -0.1) is 5.06 Å². The molecule has 0 atom stereocenters. The molecule has 106 valence electrons. The fourth-order valence-electron chi connectivity index (χ4n) is 2.37. The van der Waals surface area contributed by atoms with Crippen molar-refractivity contribution in [3.63, 3.8) is 0 Å². The predicted octanol–water partition coefficient (Wildman–Crippen LogP) is 0.546. The number of morpholine rings is 1. The van der Waals surface area contributed by atoms with Crippen LogP contribution in [-0.2, 0) is 9.57 Å². The standard InChI is InChI=1S/C14H16N2O4/c17-13-11-3-1-2-4-12(11)14(18)16(13)20-10-7-15-5-8-19-9-6-15/h1-4H,5-10H2. The molecule has 6 heteroatoms. The van der Waals surface area contributed by atoms with Gasteiger partial charge in [0, 0.05) is 19.6 Å². The van der Waals surface area contributed by atoms with Crippen LogP contribution in [0.15, 0.2) is 24.3 Å². The fraction of sp³-hybridized carbons (Fsp3) is 0.429. The van der Waals surface area contributed by atoms with E-state index in [-0.39, 0.29) is 11.8 Å². The van der Waals surface area contributed by atoms with Crippen LogP contribution < -0.4 is 0 Å². The molecule has 0 unspecified atom stereocenters. The van der Waals surface area contributed by atoms with Crippen LogP contribution in [0.5, 0.6) is 0 Å². The molecule has 1 fully saturated rings. The fourth-order valence-corrected chi connectivity index (χ4v) is 2.37. The van der Waals surface area contributed by atoms with Gasteiger partial charge >= 0.3 is 0 Å². The second-order valence-electron chi connectivity index (χ2n) is 4.74. The van der Waals surface area contributed by atoms with Gasteiger partial charge < -0.3 is 4.74 Å². The van der Waals surface area contributed by atoms with Gasteiger partial charge in [-0.1, -0.05) is 12.1 Å². The van der Waals surface area contributed by atoms with Crippen LogP contribution in [-0.4, -0.2) is 61.2 Å². The van der Waals surface area contributed by atoms with E-state index in [0.29, 0.717) is 37.5 Å². The lowest BCUT2D eigenvalue weighted by atomic mass is 10.1. The molecule has 2 amide bonds. The second kappa shape index (κ2) is 5.70. The van der Waals surface area contributed by atoms with E-state index >= 15 is 0 Å². The summed E-state index contributed by atoms with van der Waals surface area (Å²) < 4.78 is 5.25. The smallest absolute Gasteiger partial charge is 0.285 e. The molecule has 1 saturated heterocycles. The molecule has 0 saturated carbocycles. The van der Waals surface area contributed by atoms with E-state index < -0.39 is 0 Å². The molecule has 3 rings (SSSR count). The van der Waals surface area contributed by atoms with Crippen molar-refractivity contribution in [3.05, 3.63) is 35.4 Å². The van der Waals surface area contributed by atoms with E-state index in [4.69, 9.17) is 9.57 Å². The first-order chi connectivity index (χ1) is 9.77. The van der Waals surface area contributed by atoms with Gasteiger partial charge in [0.05, 0.1) is 30.9 Å². The van der Waals surface area contributed by atoms with Crippen molar-refractivity contribution in [2.24, 2.45) is 0 Å². The van der Waals surface area contributed by atoms with Crippen molar-refractivity contribution in [2.75, 3.05) is 39.5 Å². The van der Waals surface area contributed by atoms with Crippen molar-refractivity contribution in [2.45, 2.75) is 0 Å². The lowest BCUT2D eigenvalue weighted by Crippen LogP contribution is -2.40. The molecule has 1 aromatic rings. The maximum Gasteiger partial charge on any atom is 0.285 e. The average Bonchev–Trinajstić information content (AvgIpc) is 2.74. The average molecular weight is 276 g/mol. The molecular formula is C14H16N2O4. The largest absolute Gasteiger partial charge is 0.379 e. The van der Waals surface area contributed by atoms with Crippen molar-refractivity contribution in [1.82, 2.24) is 9.96 Å². The molecule has 0 aromatic heterocycles. The third-order valence-electron chi connectivity index (χ3n) is 3.49. The maximum absolute atomic E-state index is 12.0. The summed E-state index contributed by atoms with van der Waals surface area (Å²) in [4.78, 5) is 31.6. The third-order valence-corrected chi connectivity index (χ3v) is 3.49. The van der Waals surface area contributed by atoms with Gasteiger partial charge in [0.2, 0.25) is 0 Å². The lowest BCUT2D eigenvalue weighted by molar-refractivity contribution is -0.0992. The number of nitrogens with zero attached hydrogens (tertiary/aromatic N) is 2. The highest BCUT2D eigenvalue weighted by atomic mass is 16.7. The first-order valence-electron chi connectivity index (χ1n) is 6.68. The first kappa shape index (κ1) is 13.2. The zero-order valence-electron chi connectivity index (χ0n) is 11.1. The van der Waals surface area contributed by atoms with Crippen molar-refractivity contribution in [3.8, 4) is 0 Å². The molecule has 2 aliphatic heterocycles. The number of hydrogen-bond acceptors (Lipinski definition) is 5. The Morgan fingerprint density at radius 2 is 1.65 bits per heavy atom. The van der Waals surface area contributed by atoms with Gasteiger partial charge in [0.25, 0.3) is 11.8 Å². The number of ether oxygens (including phenoxy) is 1. The Hall–Kier alpha value is -1.76. The van der Waals surface area contributed by atoms with Gasteiger partial charge in [-0.2, -0.15) is 0 Å². The molecule has 0 spiro atoms. The number of rotatable bonds is 4. The number of carbonyl (C=O) groups is 2. The van der Waals surface area contributed by atoms with Crippen molar-refractivity contribution < 1.29 is 19.2 Å². The van der Waals surface area contributed by atoms with Crippen LogP contribution in [0.2, 0.25) is 0 Å². The molecular weight excluding hydrogens is 260 g/mol. The second-order valence-corrected chi connectivity index (χ2v) is 4.74. The van der Waals surface area contributed by atoms with Crippen LogP contribution in [0.25, 0.3) is 0 Å². The zero-order valence-corrected chi connectivity index (χ0v) is 11.1. The number of amides is 2. The van der Waals surface area contributed by atoms with Gasteiger partial charge in [0.1, 0.15) is 0 Å². The van der Waals surface area contributed by atoms with E-state index in [9.17, 15) is 9.59 Å². The van der Waals surface area contributed by atoms with E-state index in [1.807, 2.05) is 0 Å². The molecule has 6 nitrogen and oxygen atoms in total. The van der Waals surface area contributed by atoms with E-state index in [1.54, 1.807) is 24.3 Å². The summed E-state index contributed by atoms with van der Waals surface area (Å²) in [6.45, 7) is 4.12. The summed E-state index contributed by atoms with van der Waals surface area (Å²) in [5.74, 6) is -0.764. The molecule has 0 aliphatic carbocycles. The molecule has 2 heterocycles. The molecule has 0 N–H and O–H groups in total. The summed E-state index contributed by atoms with van der Waals surface area (Å²) in [7, 11) is 0. The van der Waals surface area contributed by atoms with Crippen LogP contribution in [0, 0.1) is 0 Å². The van der Waals surface area contributed by atoms with Gasteiger partial charge in [-0.25, -0.2) is 0 Å². The van der Waals surface area contributed by atoms with Crippen molar-refractivity contribution in [1.29, 1.82) is 0 Å². The molecule has 0 radical (unpaired) electrons. The Labute approximate surface area is 116 Å². The lowest BCUT2D eigenvalue weighted by Gasteiger charge is -2.26. The molecule has 2 aliphatic rings.